The minimum Gasteiger partial charge on any atom is -0.481 e. The van der Waals surface area contributed by atoms with E-state index < -0.39 is 5.97 Å². The van der Waals surface area contributed by atoms with Crippen molar-refractivity contribution >= 4 is 28.1 Å². The number of hydrogen-bond acceptors (Lipinski definition) is 4. The van der Waals surface area contributed by atoms with Crippen LogP contribution in [0.4, 0.5) is 10.8 Å². The molecule has 0 aliphatic heterocycles. The molecule has 0 atom stereocenters. The molecule has 112 valence electrons. The van der Waals surface area contributed by atoms with E-state index in [-0.39, 0.29) is 6.42 Å². The van der Waals surface area contributed by atoms with Crippen LogP contribution in [0.2, 0.25) is 0 Å². The van der Waals surface area contributed by atoms with Crippen molar-refractivity contribution in [2.24, 2.45) is 0 Å². The summed E-state index contributed by atoms with van der Waals surface area (Å²) in [7, 11) is 0. The van der Waals surface area contributed by atoms with E-state index in [1.54, 1.807) is 0 Å². The van der Waals surface area contributed by atoms with Gasteiger partial charge in [-0.3, -0.25) is 4.79 Å². The zero-order chi connectivity index (χ0) is 15.6. The van der Waals surface area contributed by atoms with Crippen molar-refractivity contribution in [3.05, 3.63) is 39.4 Å². The Morgan fingerprint density at radius 2 is 1.86 bits per heavy atom. The number of aliphatic carboxylic acids is 1. The van der Waals surface area contributed by atoms with Crippen LogP contribution in [0.1, 0.15) is 33.7 Å². The van der Waals surface area contributed by atoms with Gasteiger partial charge in [0.1, 0.15) is 0 Å². The number of carbonyl (C=O) groups is 1. The van der Waals surface area contributed by atoms with E-state index in [0.717, 1.165) is 21.4 Å². The third-order valence-corrected chi connectivity index (χ3v) is 4.50. The van der Waals surface area contributed by atoms with Crippen LogP contribution in [-0.4, -0.2) is 16.1 Å². The number of anilines is 2. The van der Waals surface area contributed by atoms with Crippen LogP contribution >= 0.6 is 11.3 Å². The highest BCUT2D eigenvalue weighted by Gasteiger charge is 2.11. The summed E-state index contributed by atoms with van der Waals surface area (Å²) in [6.45, 7) is 8.16. The van der Waals surface area contributed by atoms with Gasteiger partial charge in [-0.2, -0.15) is 0 Å². The normalized spacial score (nSPS) is 10.7. The molecular weight excluding hydrogens is 284 g/mol. The largest absolute Gasteiger partial charge is 0.481 e. The van der Waals surface area contributed by atoms with Crippen LogP contribution in [0, 0.1) is 27.7 Å². The molecule has 1 aromatic carbocycles. The fourth-order valence-corrected chi connectivity index (χ4v) is 3.38. The van der Waals surface area contributed by atoms with Gasteiger partial charge in [-0.15, -0.1) is 11.3 Å². The quantitative estimate of drug-likeness (QED) is 0.871. The Morgan fingerprint density at radius 3 is 2.43 bits per heavy atom. The first-order chi connectivity index (χ1) is 9.86. The molecule has 4 nitrogen and oxygen atoms in total. The maximum absolute atomic E-state index is 10.7. The number of aryl methyl sites for hydroxylation is 5. The summed E-state index contributed by atoms with van der Waals surface area (Å²) in [6, 6.07) is 4.28. The second kappa shape index (κ2) is 6.26. The molecule has 2 N–H and O–H groups in total. The fraction of sp³-hybridized carbons (Fsp3) is 0.375. The fourth-order valence-electron chi connectivity index (χ4n) is 2.42. The highest BCUT2D eigenvalue weighted by molar-refractivity contribution is 7.15. The number of rotatable bonds is 5. The highest BCUT2D eigenvalue weighted by Crippen LogP contribution is 2.30. The predicted molar refractivity (Wildman–Crippen MR) is 86.7 cm³/mol. The summed E-state index contributed by atoms with van der Waals surface area (Å²) in [5.41, 5.74) is 5.61. The molecule has 1 aromatic heterocycles. The van der Waals surface area contributed by atoms with E-state index in [4.69, 9.17) is 5.11 Å². The van der Waals surface area contributed by atoms with Crippen LogP contribution < -0.4 is 5.32 Å². The molecule has 2 aromatic rings. The van der Waals surface area contributed by atoms with Gasteiger partial charge in [0.2, 0.25) is 0 Å². The van der Waals surface area contributed by atoms with Crippen molar-refractivity contribution < 1.29 is 9.90 Å². The molecule has 0 saturated heterocycles. The number of carboxylic acid groups (broad SMARTS) is 1. The number of carboxylic acids is 1. The van der Waals surface area contributed by atoms with Gasteiger partial charge >= 0.3 is 5.97 Å². The number of thiazole rings is 1. The SMILES string of the molecule is Cc1cc(C)c(Nc2nc(C)c(CCC(=O)O)s2)c(C)c1. The summed E-state index contributed by atoms with van der Waals surface area (Å²) in [5, 5.41) is 13.0. The maximum Gasteiger partial charge on any atom is 0.303 e. The Balaban J connectivity index is 2.21. The molecule has 21 heavy (non-hydrogen) atoms. The zero-order valence-electron chi connectivity index (χ0n) is 12.8. The van der Waals surface area contributed by atoms with Crippen LogP contribution in [0.25, 0.3) is 0 Å². The van der Waals surface area contributed by atoms with Crippen LogP contribution in [-0.2, 0) is 11.2 Å². The van der Waals surface area contributed by atoms with Crippen molar-refractivity contribution in [2.75, 3.05) is 5.32 Å². The van der Waals surface area contributed by atoms with Gasteiger partial charge in [0.15, 0.2) is 5.13 Å². The molecule has 1 heterocycles. The molecule has 0 radical (unpaired) electrons. The smallest absolute Gasteiger partial charge is 0.303 e. The molecule has 0 spiro atoms. The Kier molecular flexibility index (Phi) is 4.63. The molecule has 0 bridgehead atoms. The van der Waals surface area contributed by atoms with Crippen LogP contribution in [0.5, 0.6) is 0 Å². The van der Waals surface area contributed by atoms with Crippen molar-refractivity contribution in [1.82, 2.24) is 4.98 Å². The van der Waals surface area contributed by atoms with Gasteiger partial charge < -0.3 is 10.4 Å². The average molecular weight is 304 g/mol. The lowest BCUT2D eigenvalue weighted by atomic mass is 10.1. The van der Waals surface area contributed by atoms with Gasteiger partial charge in [0.05, 0.1) is 12.1 Å². The summed E-state index contributed by atoms with van der Waals surface area (Å²) in [6.07, 6.45) is 0.678. The Morgan fingerprint density at radius 1 is 1.24 bits per heavy atom. The Labute approximate surface area is 128 Å². The third kappa shape index (κ3) is 3.82. The molecule has 0 saturated carbocycles. The van der Waals surface area contributed by atoms with Crippen molar-refractivity contribution in [3.8, 4) is 0 Å². The number of hydrogen-bond donors (Lipinski definition) is 2. The number of nitrogens with one attached hydrogen (secondary N) is 1. The lowest BCUT2D eigenvalue weighted by Gasteiger charge is -2.11. The highest BCUT2D eigenvalue weighted by atomic mass is 32.1. The minimum atomic E-state index is -0.775. The lowest BCUT2D eigenvalue weighted by molar-refractivity contribution is -0.136. The molecule has 0 unspecified atom stereocenters. The van der Waals surface area contributed by atoms with Gasteiger partial charge in [-0.25, -0.2) is 4.98 Å². The molecule has 0 amide bonds. The minimum absolute atomic E-state index is 0.144. The average Bonchev–Trinajstić information content (AvgIpc) is 2.71. The van der Waals surface area contributed by atoms with Crippen molar-refractivity contribution in [1.29, 1.82) is 0 Å². The van der Waals surface area contributed by atoms with Crippen LogP contribution in [0.15, 0.2) is 12.1 Å². The van der Waals surface area contributed by atoms with Crippen molar-refractivity contribution in [3.63, 3.8) is 0 Å². The summed E-state index contributed by atoms with van der Waals surface area (Å²) in [4.78, 5) is 16.2. The number of benzene rings is 1. The van der Waals surface area contributed by atoms with E-state index in [2.05, 4.69) is 43.2 Å². The maximum atomic E-state index is 10.7. The van der Waals surface area contributed by atoms with E-state index in [1.165, 1.54) is 28.0 Å². The van der Waals surface area contributed by atoms with Crippen molar-refractivity contribution in [2.45, 2.75) is 40.5 Å². The summed E-state index contributed by atoms with van der Waals surface area (Å²) < 4.78 is 0. The Hall–Kier alpha value is -1.88. The Bertz CT molecular complexity index is 654. The number of aromatic nitrogens is 1. The second-order valence-corrected chi connectivity index (χ2v) is 6.40. The topological polar surface area (TPSA) is 62.2 Å². The van der Waals surface area contributed by atoms with E-state index in [0.29, 0.717) is 6.42 Å². The van der Waals surface area contributed by atoms with Gasteiger partial charge in [0, 0.05) is 10.6 Å². The third-order valence-electron chi connectivity index (χ3n) is 3.37. The standard InChI is InChI=1S/C16H20N2O2S/c1-9-7-10(2)15(11(3)8-9)18-16-17-12(4)13(21-16)5-6-14(19)20/h7-8H,5-6H2,1-4H3,(H,17,18)(H,19,20). The number of nitrogens with zero attached hydrogens (tertiary/aromatic N) is 1. The predicted octanol–water partition coefficient (Wildman–Crippen LogP) is 4.14. The monoisotopic (exact) mass is 304 g/mol. The first-order valence-electron chi connectivity index (χ1n) is 6.90. The molecular formula is C16H20N2O2S. The zero-order valence-corrected chi connectivity index (χ0v) is 13.6. The molecule has 0 aliphatic carbocycles. The van der Waals surface area contributed by atoms with E-state index in [9.17, 15) is 4.79 Å². The van der Waals surface area contributed by atoms with Gasteiger partial charge in [-0.1, -0.05) is 17.7 Å². The summed E-state index contributed by atoms with van der Waals surface area (Å²) in [5.74, 6) is -0.775. The lowest BCUT2D eigenvalue weighted by Crippen LogP contribution is -1.96. The summed E-state index contributed by atoms with van der Waals surface area (Å²) >= 11 is 1.53. The van der Waals surface area contributed by atoms with Gasteiger partial charge in [-0.05, 0) is 45.2 Å². The van der Waals surface area contributed by atoms with E-state index in [1.807, 2.05) is 6.92 Å². The second-order valence-electron chi connectivity index (χ2n) is 5.32. The first-order valence-corrected chi connectivity index (χ1v) is 7.71. The molecule has 2 rings (SSSR count). The van der Waals surface area contributed by atoms with Crippen LogP contribution in [0.3, 0.4) is 0 Å². The first kappa shape index (κ1) is 15.5. The van der Waals surface area contributed by atoms with Gasteiger partial charge in [0.25, 0.3) is 0 Å². The molecule has 0 fully saturated rings. The molecule has 0 aliphatic rings. The van der Waals surface area contributed by atoms with E-state index >= 15 is 0 Å². The molecule has 5 heteroatoms.